The molecule has 112 valence electrons. The number of carbonyl (C=O) groups excluding carboxylic acids is 1. The lowest BCUT2D eigenvalue weighted by molar-refractivity contribution is 0.112. The number of nitrogens with zero attached hydrogens (tertiary/aromatic N) is 1. The van der Waals surface area contributed by atoms with Gasteiger partial charge < -0.3 is 0 Å². The number of hydrogen-bond acceptors (Lipinski definition) is 2. The number of hydrogen-bond donors (Lipinski definition) is 0. The van der Waals surface area contributed by atoms with Gasteiger partial charge in [0.2, 0.25) is 0 Å². The van der Waals surface area contributed by atoms with E-state index in [1.54, 1.807) is 0 Å². The Hall–Kier alpha value is -2.57. The maximum Gasteiger partial charge on any atom is 0.150 e. The summed E-state index contributed by atoms with van der Waals surface area (Å²) in [5.74, 6) is 0. The SMILES string of the molecule is O=Cc1ccccc1-c1ccc(N=C(P)c2ccccc2)cc1. The molecule has 0 aliphatic carbocycles. The maximum absolute atomic E-state index is 11.1. The van der Waals surface area contributed by atoms with Crippen molar-refractivity contribution in [2.45, 2.75) is 0 Å². The molecule has 1 atom stereocenters. The summed E-state index contributed by atoms with van der Waals surface area (Å²) in [6.45, 7) is 0. The summed E-state index contributed by atoms with van der Waals surface area (Å²) >= 11 is 0. The van der Waals surface area contributed by atoms with Crippen LogP contribution in [-0.2, 0) is 0 Å². The predicted octanol–water partition coefficient (Wildman–Crippen LogP) is 5.12. The van der Waals surface area contributed by atoms with Crippen LogP contribution in [0.1, 0.15) is 15.9 Å². The highest BCUT2D eigenvalue weighted by Crippen LogP contribution is 2.26. The molecule has 0 saturated carbocycles. The quantitative estimate of drug-likeness (QED) is 0.373. The van der Waals surface area contributed by atoms with E-state index in [1.807, 2.05) is 78.9 Å². The second kappa shape index (κ2) is 7.13. The van der Waals surface area contributed by atoms with Crippen molar-refractivity contribution in [1.82, 2.24) is 0 Å². The van der Waals surface area contributed by atoms with E-state index in [-0.39, 0.29) is 0 Å². The van der Waals surface area contributed by atoms with Gasteiger partial charge in [-0.1, -0.05) is 76.0 Å². The summed E-state index contributed by atoms with van der Waals surface area (Å²) in [5, 5.41) is 0. The Balaban J connectivity index is 1.89. The highest BCUT2D eigenvalue weighted by atomic mass is 31.0. The number of aliphatic imine (C=N–C) groups is 1. The zero-order valence-corrected chi connectivity index (χ0v) is 13.7. The summed E-state index contributed by atoms with van der Waals surface area (Å²) in [6, 6.07) is 25.5. The van der Waals surface area contributed by atoms with Crippen LogP contribution in [0.5, 0.6) is 0 Å². The molecule has 1 unspecified atom stereocenters. The van der Waals surface area contributed by atoms with E-state index >= 15 is 0 Å². The molecule has 0 amide bonds. The summed E-state index contributed by atoms with van der Waals surface area (Å²) in [6.07, 6.45) is 0.886. The smallest absolute Gasteiger partial charge is 0.150 e. The van der Waals surface area contributed by atoms with Gasteiger partial charge >= 0.3 is 0 Å². The molecule has 3 heteroatoms. The van der Waals surface area contributed by atoms with Gasteiger partial charge in [0, 0.05) is 5.56 Å². The van der Waals surface area contributed by atoms with Gasteiger partial charge in [-0.05, 0) is 28.8 Å². The molecule has 0 spiro atoms. The average Bonchev–Trinajstić information content (AvgIpc) is 2.63. The lowest BCUT2D eigenvalue weighted by Crippen LogP contribution is -1.89. The van der Waals surface area contributed by atoms with Crippen molar-refractivity contribution in [3.63, 3.8) is 0 Å². The second-order valence-electron chi connectivity index (χ2n) is 5.12. The summed E-state index contributed by atoms with van der Waals surface area (Å²) in [4.78, 5) is 15.8. The number of rotatable bonds is 4. The Morgan fingerprint density at radius 3 is 2.17 bits per heavy atom. The summed E-state index contributed by atoms with van der Waals surface area (Å²) in [5.41, 5.74) is 5.49. The first kappa shape index (κ1) is 15.3. The molecule has 0 aromatic heterocycles. The molecule has 3 aromatic rings. The van der Waals surface area contributed by atoms with Crippen LogP contribution < -0.4 is 0 Å². The van der Waals surface area contributed by atoms with Gasteiger partial charge in [0.05, 0.1) is 11.1 Å². The van der Waals surface area contributed by atoms with Crippen LogP contribution in [0.3, 0.4) is 0 Å². The van der Waals surface area contributed by atoms with Crippen molar-refractivity contribution in [3.8, 4) is 11.1 Å². The van der Waals surface area contributed by atoms with Crippen molar-refractivity contribution < 1.29 is 4.79 Å². The molecule has 0 radical (unpaired) electrons. The molecule has 0 aliphatic heterocycles. The van der Waals surface area contributed by atoms with E-state index < -0.39 is 0 Å². The molecule has 3 rings (SSSR count). The van der Waals surface area contributed by atoms with Crippen molar-refractivity contribution in [2.75, 3.05) is 0 Å². The van der Waals surface area contributed by atoms with Gasteiger partial charge in [-0.25, -0.2) is 4.99 Å². The molecule has 23 heavy (non-hydrogen) atoms. The van der Waals surface area contributed by atoms with Crippen LogP contribution in [0.2, 0.25) is 0 Å². The van der Waals surface area contributed by atoms with Crippen LogP contribution in [-0.4, -0.2) is 11.7 Å². The number of carbonyl (C=O) groups is 1. The Morgan fingerprint density at radius 2 is 1.48 bits per heavy atom. The van der Waals surface area contributed by atoms with Gasteiger partial charge in [0.15, 0.2) is 6.29 Å². The highest BCUT2D eigenvalue weighted by Gasteiger charge is 2.04. The lowest BCUT2D eigenvalue weighted by atomic mass is 10.0. The Bertz CT molecular complexity index is 839. The van der Waals surface area contributed by atoms with Crippen molar-refractivity contribution in [3.05, 3.63) is 90.0 Å². The van der Waals surface area contributed by atoms with Crippen molar-refractivity contribution in [2.24, 2.45) is 4.99 Å². The third-order valence-corrected chi connectivity index (χ3v) is 4.05. The van der Waals surface area contributed by atoms with Gasteiger partial charge in [0.25, 0.3) is 0 Å². The van der Waals surface area contributed by atoms with Crippen LogP contribution in [0.4, 0.5) is 5.69 Å². The first-order valence-electron chi connectivity index (χ1n) is 7.32. The van der Waals surface area contributed by atoms with Gasteiger partial charge in [-0.15, -0.1) is 0 Å². The summed E-state index contributed by atoms with van der Waals surface area (Å²) < 4.78 is 0. The summed E-state index contributed by atoms with van der Waals surface area (Å²) in [7, 11) is 2.67. The van der Waals surface area contributed by atoms with Crippen LogP contribution in [0, 0.1) is 0 Å². The maximum atomic E-state index is 11.1. The molecule has 0 saturated heterocycles. The minimum Gasteiger partial charge on any atom is -0.298 e. The standard InChI is InChI=1S/C20H16NOP/c22-14-17-8-4-5-9-19(17)15-10-12-18(13-11-15)21-20(23)16-6-2-1-3-7-16/h1-14H,23H2. The lowest BCUT2D eigenvalue weighted by Gasteiger charge is -2.06. The van der Waals surface area contributed by atoms with Crippen molar-refractivity contribution in [1.29, 1.82) is 0 Å². The molecule has 0 N–H and O–H groups in total. The largest absolute Gasteiger partial charge is 0.298 e. The number of benzene rings is 3. The average molecular weight is 317 g/mol. The minimum atomic E-state index is 0.694. The fourth-order valence-corrected chi connectivity index (χ4v) is 2.73. The van der Waals surface area contributed by atoms with E-state index in [2.05, 4.69) is 14.2 Å². The number of aldehydes is 1. The van der Waals surface area contributed by atoms with E-state index in [1.165, 1.54) is 0 Å². The third-order valence-electron chi connectivity index (χ3n) is 3.59. The molecule has 0 fully saturated rings. The Morgan fingerprint density at radius 1 is 0.826 bits per heavy atom. The van der Waals surface area contributed by atoms with Crippen LogP contribution >= 0.6 is 9.24 Å². The van der Waals surface area contributed by atoms with Gasteiger partial charge in [-0.2, -0.15) is 0 Å². The zero-order valence-electron chi connectivity index (χ0n) is 12.5. The monoisotopic (exact) mass is 317 g/mol. The second-order valence-corrected chi connectivity index (χ2v) is 5.66. The Kier molecular flexibility index (Phi) is 4.75. The van der Waals surface area contributed by atoms with Crippen molar-refractivity contribution >= 4 is 26.7 Å². The third kappa shape index (κ3) is 3.61. The predicted molar refractivity (Wildman–Crippen MR) is 99.6 cm³/mol. The van der Waals surface area contributed by atoms with E-state index in [4.69, 9.17) is 0 Å². The van der Waals surface area contributed by atoms with Crippen LogP contribution in [0.15, 0.2) is 83.9 Å². The van der Waals surface area contributed by atoms with E-state index in [0.717, 1.165) is 34.1 Å². The molecule has 0 heterocycles. The topological polar surface area (TPSA) is 29.4 Å². The van der Waals surface area contributed by atoms with Gasteiger partial charge in [-0.3, -0.25) is 4.79 Å². The first-order valence-corrected chi connectivity index (χ1v) is 7.90. The fraction of sp³-hybridized carbons (Fsp3) is 0. The molecule has 0 aliphatic rings. The molecule has 2 nitrogen and oxygen atoms in total. The highest BCUT2D eigenvalue weighted by molar-refractivity contribution is 7.42. The van der Waals surface area contributed by atoms with Crippen LogP contribution in [0.25, 0.3) is 11.1 Å². The molecular formula is C20H16NOP. The molecule has 0 bridgehead atoms. The first-order chi connectivity index (χ1) is 11.3. The van der Waals surface area contributed by atoms with E-state index in [0.29, 0.717) is 5.56 Å². The molecule has 3 aromatic carbocycles. The zero-order chi connectivity index (χ0) is 16.1. The molecular weight excluding hydrogens is 301 g/mol. The van der Waals surface area contributed by atoms with Gasteiger partial charge in [0.1, 0.15) is 0 Å². The fourth-order valence-electron chi connectivity index (χ4n) is 2.39. The Labute approximate surface area is 138 Å². The normalized spacial score (nSPS) is 11.3. The van der Waals surface area contributed by atoms with E-state index in [9.17, 15) is 4.79 Å². The minimum absolute atomic E-state index is 0.694.